The lowest BCUT2D eigenvalue weighted by molar-refractivity contribution is -0.384. The molecular formula is C19H13N5O4. The summed E-state index contributed by atoms with van der Waals surface area (Å²) in [5.74, 6) is 0. The highest BCUT2D eigenvalue weighted by Crippen LogP contribution is 2.17. The fraction of sp³-hybridized carbons (Fsp3) is 0. The van der Waals surface area contributed by atoms with Gasteiger partial charge in [0, 0.05) is 24.0 Å². The van der Waals surface area contributed by atoms with E-state index in [0.29, 0.717) is 22.3 Å². The molecule has 0 unspecified atom stereocenters. The van der Waals surface area contributed by atoms with Crippen LogP contribution in [0.25, 0.3) is 16.6 Å². The topological polar surface area (TPSA) is 115 Å². The van der Waals surface area contributed by atoms with Crippen LogP contribution in [0.5, 0.6) is 0 Å². The van der Waals surface area contributed by atoms with Gasteiger partial charge >= 0.3 is 5.69 Å². The van der Waals surface area contributed by atoms with Gasteiger partial charge in [-0.15, -0.1) is 4.68 Å². The predicted molar refractivity (Wildman–Crippen MR) is 104 cm³/mol. The summed E-state index contributed by atoms with van der Waals surface area (Å²) in [6.07, 6.45) is 3.13. The van der Waals surface area contributed by atoms with Crippen molar-refractivity contribution < 1.29 is 4.92 Å². The van der Waals surface area contributed by atoms with E-state index in [0.717, 1.165) is 4.68 Å². The van der Waals surface area contributed by atoms with Crippen LogP contribution in [0.15, 0.2) is 81.6 Å². The number of H-pyrrole nitrogens is 1. The van der Waals surface area contributed by atoms with Crippen molar-refractivity contribution in [3.8, 4) is 5.69 Å². The number of fused-ring (bicyclic) bond motifs is 1. The maximum absolute atomic E-state index is 12.5. The van der Waals surface area contributed by atoms with Gasteiger partial charge in [0.25, 0.3) is 11.2 Å². The zero-order valence-electron chi connectivity index (χ0n) is 14.4. The lowest BCUT2D eigenvalue weighted by atomic mass is 10.2. The molecule has 0 saturated heterocycles. The van der Waals surface area contributed by atoms with Crippen LogP contribution in [0.2, 0.25) is 0 Å². The van der Waals surface area contributed by atoms with E-state index in [1.807, 2.05) is 0 Å². The molecule has 0 amide bonds. The number of nitrogens with zero attached hydrogens (tertiary/aromatic N) is 4. The third kappa shape index (κ3) is 3.01. The molecule has 4 rings (SSSR count). The summed E-state index contributed by atoms with van der Waals surface area (Å²) in [6.45, 7) is 0. The molecule has 1 N–H and O–H groups in total. The van der Waals surface area contributed by atoms with Crippen LogP contribution in [-0.2, 0) is 0 Å². The van der Waals surface area contributed by atoms with Gasteiger partial charge in [-0.3, -0.25) is 14.9 Å². The molecule has 0 aliphatic rings. The Kier molecular flexibility index (Phi) is 4.17. The van der Waals surface area contributed by atoms with E-state index < -0.39 is 16.2 Å². The summed E-state index contributed by atoms with van der Waals surface area (Å²) < 4.78 is 2.49. The van der Waals surface area contributed by atoms with Crippen molar-refractivity contribution in [1.82, 2.24) is 14.2 Å². The lowest BCUT2D eigenvalue weighted by Gasteiger charge is -2.06. The predicted octanol–water partition coefficient (Wildman–Crippen LogP) is 2.27. The first kappa shape index (κ1) is 17.2. The number of nitrogens with one attached hydrogen (secondary N) is 1. The van der Waals surface area contributed by atoms with Crippen molar-refractivity contribution in [2.24, 2.45) is 5.10 Å². The minimum atomic E-state index is -0.645. The number of nitro benzene ring substituents is 1. The average molecular weight is 375 g/mol. The molecule has 9 heteroatoms. The van der Waals surface area contributed by atoms with Crippen LogP contribution < -0.4 is 11.2 Å². The summed E-state index contributed by atoms with van der Waals surface area (Å²) in [4.78, 5) is 37.7. The van der Waals surface area contributed by atoms with Crippen LogP contribution >= 0.6 is 0 Å². The summed E-state index contributed by atoms with van der Waals surface area (Å²) in [7, 11) is 0. The molecule has 4 aromatic rings. The Bertz CT molecular complexity index is 1330. The van der Waals surface area contributed by atoms with Gasteiger partial charge < -0.3 is 9.55 Å². The number of benzene rings is 2. The second-order valence-electron chi connectivity index (χ2n) is 5.91. The summed E-state index contributed by atoms with van der Waals surface area (Å²) >= 11 is 0. The van der Waals surface area contributed by atoms with Crippen LogP contribution in [0.3, 0.4) is 0 Å². The summed E-state index contributed by atoms with van der Waals surface area (Å²) in [6, 6.07) is 16.2. The highest BCUT2D eigenvalue weighted by atomic mass is 16.6. The van der Waals surface area contributed by atoms with Crippen LogP contribution in [0.4, 0.5) is 5.69 Å². The Balaban J connectivity index is 1.74. The second kappa shape index (κ2) is 6.80. The van der Waals surface area contributed by atoms with Crippen LogP contribution in [0, 0.1) is 10.1 Å². The van der Waals surface area contributed by atoms with E-state index in [1.165, 1.54) is 18.3 Å². The van der Waals surface area contributed by atoms with E-state index in [9.17, 15) is 19.7 Å². The molecule has 0 aliphatic carbocycles. The number of para-hydroxylation sites is 1. The number of nitro groups is 1. The number of non-ortho nitro benzene ring substituents is 1. The molecule has 2 aromatic heterocycles. The zero-order chi connectivity index (χ0) is 19.7. The third-order valence-electron chi connectivity index (χ3n) is 4.21. The van der Waals surface area contributed by atoms with E-state index in [4.69, 9.17) is 0 Å². The van der Waals surface area contributed by atoms with Gasteiger partial charge in [-0.25, -0.2) is 4.79 Å². The lowest BCUT2D eigenvalue weighted by Crippen LogP contribution is -2.32. The summed E-state index contributed by atoms with van der Waals surface area (Å²) in [5, 5.41) is 15.2. The highest BCUT2D eigenvalue weighted by molar-refractivity contribution is 5.79. The first-order valence-corrected chi connectivity index (χ1v) is 8.25. The van der Waals surface area contributed by atoms with Crippen molar-refractivity contribution >= 4 is 22.8 Å². The number of hydrogen-bond donors (Lipinski definition) is 1. The Morgan fingerprint density at radius 2 is 1.75 bits per heavy atom. The zero-order valence-corrected chi connectivity index (χ0v) is 14.4. The first-order valence-electron chi connectivity index (χ1n) is 8.25. The maximum Gasteiger partial charge on any atom is 0.349 e. The Labute approximate surface area is 157 Å². The molecule has 0 aliphatic heterocycles. The molecule has 138 valence electrons. The van der Waals surface area contributed by atoms with Gasteiger partial charge in [-0.1, -0.05) is 12.1 Å². The number of aromatic nitrogens is 3. The SMILES string of the molecule is O=c1[nH]c2ccccc2c(=O)n1N=Cc1cccn1-c1ccc([N+](=O)[O-])cc1. The Morgan fingerprint density at radius 3 is 2.50 bits per heavy atom. The van der Waals surface area contributed by atoms with Crippen molar-refractivity contribution in [2.45, 2.75) is 0 Å². The number of aromatic amines is 1. The Hall–Kier alpha value is -4.27. The van der Waals surface area contributed by atoms with Gasteiger partial charge in [-0.2, -0.15) is 5.10 Å². The van der Waals surface area contributed by atoms with Crippen molar-refractivity contribution in [1.29, 1.82) is 0 Å². The van der Waals surface area contributed by atoms with E-state index in [2.05, 4.69) is 10.1 Å². The quantitative estimate of drug-likeness (QED) is 0.335. The molecular weight excluding hydrogens is 362 g/mol. The minimum absolute atomic E-state index is 0.0135. The van der Waals surface area contributed by atoms with Crippen LogP contribution in [0.1, 0.15) is 5.69 Å². The third-order valence-corrected chi connectivity index (χ3v) is 4.21. The Morgan fingerprint density at radius 1 is 1.00 bits per heavy atom. The molecule has 28 heavy (non-hydrogen) atoms. The molecule has 9 nitrogen and oxygen atoms in total. The molecule has 0 bridgehead atoms. The second-order valence-corrected chi connectivity index (χ2v) is 5.91. The first-order chi connectivity index (χ1) is 13.5. The molecule has 2 aromatic carbocycles. The van der Waals surface area contributed by atoms with Crippen LogP contribution in [-0.4, -0.2) is 25.4 Å². The van der Waals surface area contributed by atoms with E-state index in [1.54, 1.807) is 59.3 Å². The van der Waals surface area contributed by atoms with Crippen molar-refractivity contribution in [3.63, 3.8) is 0 Å². The number of hydrogen-bond acceptors (Lipinski definition) is 5. The van der Waals surface area contributed by atoms with Gasteiger partial charge in [0.15, 0.2) is 0 Å². The standard InChI is InChI=1S/C19H13N5O4/c25-18-16-5-1-2-6-17(16)21-19(26)23(18)20-12-15-4-3-11-22(15)13-7-9-14(10-8-13)24(27)28/h1-12H,(H,21,26). The number of rotatable bonds is 4. The van der Waals surface area contributed by atoms with Gasteiger partial charge in [-0.05, 0) is 36.4 Å². The highest BCUT2D eigenvalue weighted by Gasteiger charge is 2.08. The molecule has 0 spiro atoms. The van der Waals surface area contributed by atoms with Gasteiger partial charge in [0.1, 0.15) is 0 Å². The smallest absolute Gasteiger partial charge is 0.316 e. The fourth-order valence-corrected chi connectivity index (χ4v) is 2.84. The fourth-order valence-electron chi connectivity index (χ4n) is 2.84. The molecule has 0 fully saturated rings. The maximum atomic E-state index is 12.5. The normalized spacial score (nSPS) is 11.3. The van der Waals surface area contributed by atoms with E-state index >= 15 is 0 Å². The average Bonchev–Trinajstić information content (AvgIpc) is 3.16. The van der Waals surface area contributed by atoms with Gasteiger partial charge in [0.05, 0.1) is 27.7 Å². The minimum Gasteiger partial charge on any atom is -0.316 e. The largest absolute Gasteiger partial charge is 0.349 e. The van der Waals surface area contributed by atoms with Gasteiger partial charge in [0.2, 0.25) is 0 Å². The monoisotopic (exact) mass is 375 g/mol. The molecule has 0 saturated carbocycles. The molecule has 0 atom stereocenters. The molecule has 2 heterocycles. The van der Waals surface area contributed by atoms with E-state index in [-0.39, 0.29) is 5.69 Å². The summed E-state index contributed by atoms with van der Waals surface area (Å²) in [5.41, 5.74) is 0.529. The molecule has 0 radical (unpaired) electrons. The van der Waals surface area contributed by atoms with Crippen molar-refractivity contribution in [3.05, 3.63) is 104 Å². The van der Waals surface area contributed by atoms with Crippen molar-refractivity contribution in [2.75, 3.05) is 0 Å².